The lowest BCUT2D eigenvalue weighted by atomic mass is 10.1. The Morgan fingerprint density at radius 3 is 2.79 bits per heavy atom. The molecule has 0 N–H and O–H groups in total. The van der Waals surface area contributed by atoms with Crippen LogP contribution < -0.4 is 0 Å². The summed E-state index contributed by atoms with van der Waals surface area (Å²) in [6, 6.07) is 11.6. The van der Waals surface area contributed by atoms with Gasteiger partial charge in [-0.15, -0.1) is 5.10 Å². The van der Waals surface area contributed by atoms with E-state index in [-0.39, 0.29) is 5.91 Å². The van der Waals surface area contributed by atoms with Crippen LogP contribution in [0.25, 0.3) is 11.3 Å². The average Bonchev–Trinajstić information content (AvgIpc) is 3.22. The Balaban J connectivity index is 1.56. The highest BCUT2D eigenvalue weighted by Gasteiger charge is 2.14. The summed E-state index contributed by atoms with van der Waals surface area (Å²) in [5, 5.41) is 15.2. The van der Waals surface area contributed by atoms with Crippen molar-refractivity contribution in [1.29, 1.82) is 0 Å². The molecular formula is C16H18N6O2. The van der Waals surface area contributed by atoms with Crippen LogP contribution in [0.3, 0.4) is 0 Å². The molecule has 0 aliphatic heterocycles. The van der Waals surface area contributed by atoms with Crippen molar-refractivity contribution in [2.24, 2.45) is 0 Å². The van der Waals surface area contributed by atoms with Gasteiger partial charge in [-0.1, -0.05) is 35.5 Å². The fraction of sp³-hybridized carbons (Fsp3) is 0.312. The molecule has 0 radical (unpaired) electrons. The van der Waals surface area contributed by atoms with Crippen molar-refractivity contribution in [3.63, 3.8) is 0 Å². The first-order chi connectivity index (χ1) is 11.6. The van der Waals surface area contributed by atoms with Crippen LogP contribution in [-0.4, -0.2) is 43.2 Å². The number of hydrogen-bond donors (Lipinski definition) is 0. The Kier molecular flexibility index (Phi) is 4.64. The van der Waals surface area contributed by atoms with Gasteiger partial charge in [-0.25, -0.2) is 4.68 Å². The smallest absolute Gasteiger partial charge is 0.224 e. The maximum atomic E-state index is 12.2. The standard InChI is InChI=1S/C16H18N6O2/c1-12-17-19-20-22(12)9-8-16(23)21(2)11-14-10-15(18-24-14)13-6-4-3-5-7-13/h3-7,10H,8-9,11H2,1-2H3. The molecule has 0 aliphatic rings. The van der Waals surface area contributed by atoms with E-state index in [2.05, 4.69) is 20.7 Å². The summed E-state index contributed by atoms with van der Waals surface area (Å²) in [6.07, 6.45) is 0.321. The van der Waals surface area contributed by atoms with Gasteiger partial charge in [0.05, 0.1) is 13.1 Å². The highest BCUT2D eigenvalue weighted by atomic mass is 16.5. The minimum atomic E-state index is -0.0115. The van der Waals surface area contributed by atoms with E-state index in [4.69, 9.17) is 4.52 Å². The van der Waals surface area contributed by atoms with Gasteiger partial charge in [0.25, 0.3) is 0 Å². The monoisotopic (exact) mass is 326 g/mol. The van der Waals surface area contributed by atoms with Crippen LogP contribution in [0.2, 0.25) is 0 Å². The van der Waals surface area contributed by atoms with Gasteiger partial charge in [0.15, 0.2) is 5.76 Å². The van der Waals surface area contributed by atoms with E-state index in [1.54, 1.807) is 23.6 Å². The zero-order chi connectivity index (χ0) is 16.9. The lowest BCUT2D eigenvalue weighted by Gasteiger charge is -2.15. The molecule has 0 fully saturated rings. The van der Waals surface area contributed by atoms with Crippen molar-refractivity contribution in [3.05, 3.63) is 48.0 Å². The zero-order valence-corrected chi connectivity index (χ0v) is 13.6. The topological polar surface area (TPSA) is 89.9 Å². The molecule has 0 unspecified atom stereocenters. The normalized spacial score (nSPS) is 10.8. The van der Waals surface area contributed by atoms with Gasteiger partial charge in [0.1, 0.15) is 11.5 Å². The third kappa shape index (κ3) is 3.65. The second-order valence-electron chi connectivity index (χ2n) is 5.49. The summed E-state index contributed by atoms with van der Waals surface area (Å²) < 4.78 is 6.93. The molecule has 0 saturated heterocycles. The molecular weight excluding hydrogens is 308 g/mol. The van der Waals surface area contributed by atoms with Crippen molar-refractivity contribution >= 4 is 5.91 Å². The van der Waals surface area contributed by atoms with Crippen LogP contribution in [0.15, 0.2) is 40.9 Å². The number of carbonyl (C=O) groups excluding carboxylic acids is 1. The van der Waals surface area contributed by atoms with E-state index in [1.165, 1.54) is 0 Å². The number of benzene rings is 1. The van der Waals surface area contributed by atoms with Crippen LogP contribution in [0.5, 0.6) is 0 Å². The molecule has 8 nitrogen and oxygen atoms in total. The molecule has 2 heterocycles. The van der Waals surface area contributed by atoms with Gasteiger partial charge >= 0.3 is 0 Å². The molecule has 24 heavy (non-hydrogen) atoms. The second kappa shape index (κ2) is 7.03. The van der Waals surface area contributed by atoms with E-state index < -0.39 is 0 Å². The third-order valence-corrected chi connectivity index (χ3v) is 3.70. The molecule has 8 heteroatoms. The average molecular weight is 326 g/mol. The Morgan fingerprint density at radius 1 is 1.29 bits per heavy atom. The molecule has 0 spiro atoms. The van der Waals surface area contributed by atoms with Gasteiger partial charge in [-0.2, -0.15) is 0 Å². The van der Waals surface area contributed by atoms with Crippen LogP contribution in [0, 0.1) is 6.92 Å². The summed E-state index contributed by atoms with van der Waals surface area (Å²) in [7, 11) is 1.74. The van der Waals surface area contributed by atoms with Crippen LogP contribution >= 0.6 is 0 Å². The van der Waals surface area contributed by atoms with Gasteiger partial charge < -0.3 is 9.42 Å². The van der Waals surface area contributed by atoms with E-state index in [0.29, 0.717) is 31.1 Å². The fourth-order valence-electron chi connectivity index (χ4n) is 2.30. The van der Waals surface area contributed by atoms with Crippen LogP contribution in [-0.2, 0) is 17.9 Å². The highest BCUT2D eigenvalue weighted by Crippen LogP contribution is 2.19. The Morgan fingerprint density at radius 2 is 2.08 bits per heavy atom. The predicted octanol–water partition coefficient (Wildman–Crippen LogP) is 1.69. The predicted molar refractivity (Wildman–Crippen MR) is 85.6 cm³/mol. The summed E-state index contributed by atoms with van der Waals surface area (Å²) >= 11 is 0. The number of aromatic nitrogens is 5. The number of rotatable bonds is 6. The molecule has 0 saturated carbocycles. The minimum Gasteiger partial charge on any atom is -0.359 e. The third-order valence-electron chi connectivity index (χ3n) is 3.70. The lowest BCUT2D eigenvalue weighted by molar-refractivity contribution is -0.131. The van der Waals surface area contributed by atoms with Gasteiger partial charge in [-0.05, 0) is 17.4 Å². The van der Waals surface area contributed by atoms with Crippen molar-refractivity contribution in [2.75, 3.05) is 7.05 Å². The fourth-order valence-corrected chi connectivity index (χ4v) is 2.30. The summed E-state index contributed by atoms with van der Waals surface area (Å²) in [5.41, 5.74) is 1.74. The summed E-state index contributed by atoms with van der Waals surface area (Å²) in [4.78, 5) is 13.8. The first kappa shape index (κ1) is 15.9. The van der Waals surface area contributed by atoms with Gasteiger partial charge in [0, 0.05) is 25.1 Å². The zero-order valence-electron chi connectivity index (χ0n) is 13.6. The van der Waals surface area contributed by atoms with E-state index in [0.717, 1.165) is 11.3 Å². The van der Waals surface area contributed by atoms with Gasteiger partial charge in [0.2, 0.25) is 5.91 Å². The number of aryl methyl sites for hydroxylation is 2. The lowest BCUT2D eigenvalue weighted by Crippen LogP contribution is -2.27. The number of amides is 1. The Labute approximate surface area is 139 Å². The Hall–Kier alpha value is -3.03. The number of hydrogen-bond acceptors (Lipinski definition) is 6. The van der Waals surface area contributed by atoms with Crippen LogP contribution in [0.1, 0.15) is 18.0 Å². The largest absolute Gasteiger partial charge is 0.359 e. The first-order valence-corrected chi connectivity index (χ1v) is 7.61. The quantitative estimate of drug-likeness (QED) is 0.684. The molecule has 0 atom stereocenters. The van der Waals surface area contributed by atoms with Crippen LogP contribution in [0.4, 0.5) is 0 Å². The molecule has 3 aromatic rings. The molecule has 1 aromatic carbocycles. The Bertz CT molecular complexity index is 811. The van der Waals surface area contributed by atoms with E-state index in [1.807, 2.05) is 36.4 Å². The molecule has 1 amide bonds. The SMILES string of the molecule is Cc1nnnn1CCC(=O)N(C)Cc1cc(-c2ccccc2)no1. The van der Waals surface area contributed by atoms with E-state index in [9.17, 15) is 4.79 Å². The summed E-state index contributed by atoms with van der Waals surface area (Å²) in [5.74, 6) is 1.32. The highest BCUT2D eigenvalue weighted by molar-refractivity contribution is 5.75. The maximum Gasteiger partial charge on any atom is 0.224 e. The number of tetrazole rings is 1. The van der Waals surface area contributed by atoms with Crippen molar-refractivity contribution in [3.8, 4) is 11.3 Å². The van der Waals surface area contributed by atoms with Crippen molar-refractivity contribution < 1.29 is 9.32 Å². The minimum absolute atomic E-state index is 0.0115. The number of carbonyl (C=O) groups is 1. The van der Waals surface area contributed by atoms with E-state index >= 15 is 0 Å². The second-order valence-corrected chi connectivity index (χ2v) is 5.49. The molecule has 3 rings (SSSR count). The maximum absolute atomic E-state index is 12.2. The molecule has 2 aromatic heterocycles. The number of nitrogens with zero attached hydrogens (tertiary/aromatic N) is 6. The molecule has 0 aliphatic carbocycles. The van der Waals surface area contributed by atoms with Crippen molar-refractivity contribution in [2.45, 2.75) is 26.4 Å². The first-order valence-electron chi connectivity index (χ1n) is 7.61. The van der Waals surface area contributed by atoms with Gasteiger partial charge in [-0.3, -0.25) is 4.79 Å². The van der Waals surface area contributed by atoms with Crippen molar-refractivity contribution in [1.82, 2.24) is 30.3 Å². The molecule has 0 bridgehead atoms. The summed E-state index contributed by atoms with van der Waals surface area (Å²) in [6.45, 7) is 2.62. The molecule has 124 valence electrons.